The number of nitrogens with one attached hydrogen (secondary N) is 1. The van der Waals surface area contributed by atoms with Crippen LogP contribution in [0, 0.1) is 5.92 Å². The van der Waals surface area contributed by atoms with Gasteiger partial charge in [-0.15, -0.1) is 0 Å². The van der Waals surface area contributed by atoms with Gasteiger partial charge in [0.2, 0.25) is 0 Å². The highest BCUT2D eigenvalue weighted by atomic mass is 16.6. The molecule has 1 aliphatic heterocycles. The zero-order valence-electron chi connectivity index (χ0n) is 10.4. The molecule has 4 nitrogen and oxygen atoms in total. The van der Waals surface area contributed by atoms with Crippen LogP contribution in [0.25, 0.3) is 0 Å². The van der Waals surface area contributed by atoms with Crippen molar-refractivity contribution in [3.05, 3.63) is 18.2 Å². The molecule has 17 heavy (non-hydrogen) atoms. The summed E-state index contributed by atoms with van der Waals surface area (Å²) in [6, 6.07) is 6.03. The number of nitrogens with two attached hydrogens (primary N) is 1. The molecule has 4 heteroatoms. The molecule has 1 atom stereocenters. The smallest absolute Gasteiger partial charge is 0.163 e. The molecule has 0 spiro atoms. The van der Waals surface area contributed by atoms with E-state index in [9.17, 15) is 0 Å². The summed E-state index contributed by atoms with van der Waals surface area (Å²) in [7, 11) is 0. The first-order chi connectivity index (χ1) is 8.16. The third-order valence-electron chi connectivity index (χ3n) is 2.94. The maximum atomic E-state index is 5.98. The summed E-state index contributed by atoms with van der Waals surface area (Å²) in [6.07, 6.45) is 0. The van der Waals surface area contributed by atoms with Crippen molar-refractivity contribution in [3.63, 3.8) is 0 Å². The van der Waals surface area contributed by atoms with E-state index in [0.29, 0.717) is 19.1 Å². The highest BCUT2D eigenvalue weighted by Crippen LogP contribution is 2.32. The topological polar surface area (TPSA) is 56.5 Å². The molecule has 0 bridgehead atoms. The lowest BCUT2D eigenvalue weighted by atomic mass is 10.1. The Balaban J connectivity index is 1.97. The van der Waals surface area contributed by atoms with Gasteiger partial charge in [0.15, 0.2) is 11.5 Å². The second-order valence-corrected chi connectivity index (χ2v) is 4.65. The number of anilines is 1. The lowest BCUT2D eigenvalue weighted by Gasteiger charge is -2.20. The summed E-state index contributed by atoms with van der Waals surface area (Å²) in [4.78, 5) is 0. The molecule has 0 radical (unpaired) electrons. The molecule has 94 valence electrons. The lowest BCUT2D eigenvalue weighted by Crippen LogP contribution is -2.34. The SMILES string of the molecule is CC(C)C(N)CNc1ccc2c(c1)OCCO2. The molecule has 0 saturated carbocycles. The van der Waals surface area contributed by atoms with E-state index in [1.165, 1.54) is 0 Å². The summed E-state index contributed by atoms with van der Waals surface area (Å²) in [5.74, 6) is 2.09. The Labute approximate surface area is 102 Å². The number of ether oxygens (including phenoxy) is 2. The maximum Gasteiger partial charge on any atom is 0.163 e. The first-order valence-corrected chi connectivity index (χ1v) is 6.06. The average molecular weight is 236 g/mol. The fraction of sp³-hybridized carbons (Fsp3) is 0.538. The monoisotopic (exact) mass is 236 g/mol. The fourth-order valence-corrected chi connectivity index (χ4v) is 1.62. The van der Waals surface area contributed by atoms with Gasteiger partial charge in [0.05, 0.1) is 0 Å². The van der Waals surface area contributed by atoms with Gasteiger partial charge < -0.3 is 20.5 Å². The molecule has 3 N–H and O–H groups in total. The predicted molar refractivity (Wildman–Crippen MR) is 68.7 cm³/mol. The van der Waals surface area contributed by atoms with Crippen molar-refractivity contribution in [1.82, 2.24) is 0 Å². The molecule has 0 aliphatic carbocycles. The molecular weight excluding hydrogens is 216 g/mol. The number of hydrogen-bond acceptors (Lipinski definition) is 4. The van der Waals surface area contributed by atoms with Crippen molar-refractivity contribution >= 4 is 5.69 Å². The minimum absolute atomic E-state index is 0.156. The Hall–Kier alpha value is -1.42. The Bertz CT molecular complexity index is 380. The maximum absolute atomic E-state index is 5.98. The van der Waals surface area contributed by atoms with Gasteiger partial charge in [0.1, 0.15) is 13.2 Å². The van der Waals surface area contributed by atoms with Crippen LogP contribution in [0.15, 0.2) is 18.2 Å². The second-order valence-electron chi connectivity index (χ2n) is 4.65. The van der Waals surface area contributed by atoms with Crippen LogP contribution in [0.2, 0.25) is 0 Å². The standard InChI is InChI=1S/C13H20N2O2/c1-9(2)11(14)8-15-10-3-4-12-13(7-10)17-6-5-16-12/h3-4,7,9,11,15H,5-6,8,14H2,1-2H3. The number of benzene rings is 1. The predicted octanol–water partition coefficient (Wildman–Crippen LogP) is 1.85. The first-order valence-electron chi connectivity index (χ1n) is 6.06. The summed E-state index contributed by atoms with van der Waals surface area (Å²) in [5, 5.41) is 3.32. The van der Waals surface area contributed by atoms with Gasteiger partial charge in [0.25, 0.3) is 0 Å². The van der Waals surface area contributed by atoms with Crippen LogP contribution in [0.5, 0.6) is 11.5 Å². The summed E-state index contributed by atoms with van der Waals surface area (Å²) in [6.45, 7) is 6.24. The van der Waals surface area contributed by atoms with Crippen molar-refractivity contribution in [1.29, 1.82) is 0 Å². The molecule has 1 unspecified atom stereocenters. The van der Waals surface area contributed by atoms with Gasteiger partial charge in [0, 0.05) is 24.3 Å². The minimum Gasteiger partial charge on any atom is -0.486 e. The summed E-state index contributed by atoms with van der Waals surface area (Å²) in [5.41, 5.74) is 7.00. The van der Waals surface area contributed by atoms with Gasteiger partial charge in [-0.2, -0.15) is 0 Å². The van der Waals surface area contributed by atoms with E-state index in [0.717, 1.165) is 23.7 Å². The molecule has 0 amide bonds. The van der Waals surface area contributed by atoms with Crippen LogP contribution in [-0.2, 0) is 0 Å². The van der Waals surface area contributed by atoms with E-state index in [1.807, 2.05) is 18.2 Å². The van der Waals surface area contributed by atoms with Crippen molar-refractivity contribution < 1.29 is 9.47 Å². The number of rotatable bonds is 4. The van der Waals surface area contributed by atoms with E-state index < -0.39 is 0 Å². The van der Waals surface area contributed by atoms with Crippen LogP contribution < -0.4 is 20.5 Å². The van der Waals surface area contributed by atoms with E-state index >= 15 is 0 Å². The van der Waals surface area contributed by atoms with E-state index in [-0.39, 0.29) is 6.04 Å². The Morgan fingerprint density at radius 3 is 2.65 bits per heavy atom. The highest BCUT2D eigenvalue weighted by Gasteiger charge is 2.12. The Morgan fingerprint density at radius 2 is 1.94 bits per heavy atom. The van der Waals surface area contributed by atoms with Crippen LogP contribution in [0.3, 0.4) is 0 Å². The zero-order valence-corrected chi connectivity index (χ0v) is 10.4. The van der Waals surface area contributed by atoms with E-state index in [4.69, 9.17) is 15.2 Å². The van der Waals surface area contributed by atoms with Crippen LogP contribution >= 0.6 is 0 Å². The zero-order chi connectivity index (χ0) is 12.3. The number of hydrogen-bond donors (Lipinski definition) is 2. The summed E-state index contributed by atoms with van der Waals surface area (Å²) < 4.78 is 11.0. The minimum atomic E-state index is 0.156. The molecule has 1 aromatic rings. The molecule has 0 fully saturated rings. The normalized spacial score (nSPS) is 15.8. The van der Waals surface area contributed by atoms with Crippen molar-refractivity contribution in [2.75, 3.05) is 25.1 Å². The van der Waals surface area contributed by atoms with E-state index in [2.05, 4.69) is 19.2 Å². The van der Waals surface area contributed by atoms with Crippen molar-refractivity contribution in [3.8, 4) is 11.5 Å². The molecular formula is C13H20N2O2. The van der Waals surface area contributed by atoms with Crippen LogP contribution in [0.4, 0.5) is 5.69 Å². The van der Waals surface area contributed by atoms with Gasteiger partial charge >= 0.3 is 0 Å². The molecule has 1 aromatic carbocycles. The Morgan fingerprint density at radius 1 is 1.24 bits per heavy atom. The molecule has 1 heterocycles. The fourth-order valence-electron chi connectivity index (χ4n) is 1.62. The van der Waals surface area contributed by atoms with Gasteiger partial charge in [-0.25, -0.2) is 0 Å². The first kappa shape index (κ1) is 12.0. The molecule has 0 aromatic heterocycles. The largest absolute Gasteiger partial charge is 0.486 e. The quantitative estimate of drug-likeness (QED) is 0.837. The van der Waals surface area contributed by atoms with Gasteiger partial charge in [-0.1, -0.05) is 13.8 Å². The van der Waals surface area contributed by atoms with Gasteiger partial charge in [-0.3, -0.25) is 0 Å². The summed E-state index contributed by atoms with van der Waals surface area (Å²) >= 11 is 0. The third kappa shape index (κ3) is 3.03. The third-order valence-corrected chi connectivity index (χ3v) is 2.94. The molecule has 1 aliphatic rings. The molecule has 2 rings (SSSR count). The average Bonchev–Trinajstić information content (AvgIpc) is 2.35. The van der Waals surface area contributed by atoms with Crippen molar-refractivity contribution in [2.24, 2.45) is 11.7 Å². The second kappa shape index (κ2) is 5.27. The Kier molecular flexibility index (Phi) is 3.74. The molecule has 0 saturated heterocycles. The van der Waals surface area contributed by atoms with Crippen LogP contribution in [-0.4, -0.2) is 25.8 Å². The van der Waals surface area contributed by atoms with Crippen molar-refractivity contribution in [2.45, 2.75) is 19.9 Å². The van der Waals surface area contributed by atoms with Crippen LogP contribution in [0.1, 0.15) is 13.8 Å². The van der Waals surface area contributed by atoms with Gasteiger partial charge in [-0.05, 0) is 18.1 Å². The highest BCUT2D eigenvalue weighted by molar-refractivity contribution is 5.55. The van der Waals surface area contributed by atoms with E-state index in [1.54, 1.807) is 0 Å². The number of fused-ring (bicyclic) bond motifs is 1. The lowest BCUT2D eigenvalue weighted by molar-refractivity contribution is 0.171.